The molecule has 0 aliphatic carbocycles. The predicted octanol–water partition coefficient (Wildman–Crippen LogP) is 5.87. The smallest absolute Gasteiger partial charge is 0.191 e. The van der Waals surface area contributed by atoms with E-state index in [1.54, 1.807) is 12.1 Å². The second-order valence-corrected chi connectivity index (χ2v) is 9.10. The number of rotatable bonds is 5. The van der Waals surface area contributed by atoms with Crippen LogP contribution in [-0.4, -0.2) is 38.2 Å². The Balaban J connectivity index is 0.00000289. The molecule has 182 valence electrons. The van der Waals surface area contributed by atoms with Gasteiger partial charge < -0.3 is 19.5 Å². The molecule has 4 aromatic rings. The van der Waals surface area contributed by atoms with E-state index in [1.165, 1.54) is 29.5 Å². The van der Waals surface area contributed by atoms with Gasteiger partial charge >= 0.3 is 0 Å². The van der Waals surface area contributed by atoms with Crippen LogP contribution in [0.5, 0.6) is 0 Å². The molecule has 1 aliphatic rings. The molecule has 0 spiro atoms. The van der Waals surface area contributed by atoms with Crippen LogP contribution in [0.2, 0.25) is 0 Å². The average Bonchev–Trinajstić information content (AvgIpc) is 3.46. The Kier molecular flexibility index (Phi) is 7.26. The number of hydrogen-bond acceptors (Lipinski definition) is 7. The van der Waals surface area contributed by atoms with Crippen molar-refractivity contribution in [3.05, 3.63) is 58.7 Å². The molecule has 5 rings (SSSR count). The van der Waals surface area contributed by atoms with Crippen molar-refractivity contribution in [3.8, 4) is 17.3 Å². The normalized spacial score (nSPS) is 13.5. The van der Waals surface area contributed by atoms with E-state index < -0.39 is 5.82 Å². The van der Waals surface area contributed by atoms with Gasteiger partial charge in [0, 0.05) is 62.4 Å². The fourth-order valence-corrected chi connectivity index (χ4v) is 5.17. The van der Waals surface area contributed by atoms with Gasteiger partial charge in [0.25, 0.3) is 0 Å². The minimum absolute atomic E-state index is 0. The summed E-state index contributed by atoms with van der Waals surface area (Å²) in [5, 5.41) is 14.3. The van der Waals surface area contributed by atoms with Crippen molar-refractivity contribution in [2.45, 2.75) is 13.3 Å². The molecule has 0 unspecified atom stereocenters. The number of aryl methyl sites for hydroxylation is 1. The number of halogens is 3. The Morgan fingerprint density at radius 3 is 2.57 bits per heavy atom. The first-order valence-electron chi connectivity index (χ1n) is 11.1. The molecule has 10 heteroatoms. The first-order valence-corrected chi connectivity index (χ1v) is 11.9. The van der Waals surface area contributed by atoms with E-state index in [-0.39, 0.29) is 23.8 Å². The minimum atomic E-state index is -0.399. The van der Waals surface area contributed by atoms with Gasteiger partial charge in [0.2, 0.25) is 0 Å². The average molecular weight is 516 g/mol. The molecule has 2 aromatic heterocycles. The fraction of sp³-hybridized carbons (Fsp3) is 0.280. The van der Waals surface area contributed by atoms with E-state index in [9.17, 15) is 9.65 Å². The molecule has 0 atom stereocenters. The summed E-state index contributed by atoms with van der Waals surface area (Å²) in [6.07, 6.45) is 0.568. The van der Waals surface area contributed by atoms with Crippen LogP contribution >= 0.6 is 23.7 Å². The molecule has 6 nitrogen and oxygen atoms in total. The largest absolute Gasteiger partial charge is 0.456 e. The quantitative estimate of drug-likeness (QED) is 0.358. The number of piperazine rings is 1. The van der Waals surface area contributed by atoms with Crippen LogP contribution in [0.1, 0.15) is 17.6 Å². The Labute approximate surface area is 212 Å². The standard InChI is InChI=1S/C25H23F2N5OS.ClH/c1-3-20-23(18-12-17(13-19(27)24(18)33-20)32-10-8-29-9-11-32)31(2)25-30-22(21(14-28)34-25)15-4-6-16(26)7-5-15;/h4-7,12-13,29H,3,8-11H2,1-2H3;1H. The van der Waals surface area contributed by atoms with Crippen LogP contribution in [-0.2, 0) is 6.42 Å². The van der Waals surface area contributed by atoms with E-state index in [1.807, 2.05) is 24.9 Å². The molecule has 1 aliphatic heterocycles. The first kappa shape index (κ1) is 24.9. The molecule has 0 saturated carbocycles. The highest BCUT2D eigenvalue weighted by Gasteiger charge is 2.25. The van der Waals surface area contributed by atoms with Crippen molar-refractivity contribution in [1.29, 1.82) is 5.26 Å². The van der Waals surface area contributed by atoms with Crippen molar-refractivity contribution in [2.75, 3.05) is 43.0 Å². The third-order valence-electron chi connectivity index (χ3n) is 6.03. The molecule has 1 saturated heterocycles. The molecule has 1 fully saturated rings. The van der Waals surface area contributed by atoms with Crippen molar-refractivity contribution < 1.29 is 13.2 Å². The molecular weight excluding hydrogens is 492 g/mol. The lowest BCUT2D eigenvalue weighted by Gasteiger charge is -2.29. The third kappa shape index (κ3) is 4.57. The SMILES string of the molecule is CCc1oc2c(F)cc(N3CCNCC3)cc2c1N(C)c1nc(-c2ccc(F)cc2)c(C#N)s1.Cl. The summed E-state index contributed by atoms with van der Waals surface area (Å²) >= 11 is 1.23. The van der Waals surface area contributed by atoms with Crippen molar-refractivity contribution >= 4 is 51.2 Å². The zero-order valence-electron chi connectivity index (χ0n) is 19.3. The number of fused-ring (bicyclic) bond motifs is 1. The summed E-state index contributed by atoms with van der Waals surface area (Å²) < 4.78 is 34.5. The number of nitrogens with one attached hydrogen (secondary N) is 1. The second-order valence-electron chi connectivity index (χ2n) is 8.12. The van der Waals surface area contributed by atoms with Gasteiger partial charge in [0.15, 0.2) is 16.5 Å². The van der Waals surface area contributed by atoms with Gasteiger partial charge in [-0.25, -0.2) is 13.8 Å². The summed E-state index contributed by atoms with van der Waals surface area (Å²) in [7, 11) is 1.84. The topological polar surface area (TPSA) is 68.3 Å². The number of furan rings is 1. The lowest BCUT2D eigenvalue weighted by molar-refractivity contribution is 0.524. The summed E-state index contributed by atoms with van der Waals surface area (Å²) in [6.45, 7) is 5.25. The Morgan fingerprint density at radius 1 is 1.20 bits per heavy atom. The highest BCUT2D eigenvalue weighted by Crippen LogP contribution is 2.43. The van der Waals surface area contributed by atoms with Crippen LogP contribution in [0.25, 0.3) is 22.2 Å². The van der Waals surface area contributed by atoms with Gasteiger partial charge in [0.05, 0.1) is 5.69 Å². The minimum Gasteiger partial charge on any atom is -0.456 e. The van der Waals surface area contributed by atoms with E-state index in [4.69, 9.17) is 9.40 Å². The fourth-order valence-electron chi connectivity index (χ4n) is 4.32. The van der Waals surface area contributed by atoms with E-state index in [0.29, 0.717) is 38.8 Å². The van der Waals surface area contributed by atoms with Gasteiger partial charge in [0.1, 0.15) is 28.2 Å². The molecule has 2 aromatic carbocycles. The first-order chi connectivity index (χ1) is 16.5. The van der Waals surface area contributed by atoms with Gasteiger partial charge in [-0.2, -0.15) is 5.26 Å². The van der Waals surface area contributed by atoms with Gasteiger partial charge in [-0.1, -0.05) is 18.3 Å². The molecule has 3 heterocycles. The number of aromatic nitrogens is 1. The van der Waals surface area contributed by atoms with Crippen molar-refractivity contribution in [2.24, 2.45) is 0 Å². The second kappa shape index (κ2) is 10.2. The molecule has 35 heavy (non-hydrogen) atoms. The number of anilines is 3. The van der Waals surface area contributed by atoms with Crippen molar-refractivity contribution in [3.63, 3.8) is 0 Å². The highest BCUT2D eigenvalue weighted by atomic mass is 35.5. The van der Waals surface area contributed by atoms with Crippen LogP contribution in [0.4, 0.5) is 25.3 Å². The zero-order chi connectivity index (χ0) is 23.8. The summed E-state index contributed by atoms with van der Waals surface area (Å²) in [4.78, 5) is 9.13. The monoisotopic (exact) mass is 515 g/mol. The van der Waals surface area contributed by atoms with E-state index in [2.05, 4.69) is 16.3 Å². The summed E-state index contributed by atoms with van der Waals surface area (Å²) in [5.41, 5.74) is 2.92. The van der Waals surface area contributed by atoms with Crippen LogP contribution in [0, 0.1) is 23.0 Å². The summed E-state index contributed by atoms with van der Waals surface area (Å²) in [6, 6.07) is 11.6. The molecule has 0 radical (unpaired) electrons. The van der Waals surface area contributed by atoms with Crippen LogP contribution < -0.4 is 15.1 Å². The lowest BCUT2D eigenvalue weighted by atomic mass is 10.1. The van der Waals surface area contributed by atoms with Gasteiger partial charge in [-0.3, -0.25) is 0 Å². The number of nitriles is 1. The maximum Gasteiger partial charge on any atom is 0.191 e. The van der Waals surface area contributed by atoms with Crippen molar-refractivity contribution in [1.82, 2.24) is 10.3 Å². The Bertz CT molecular complexity index is 1390. The summed E-state index contributed by atoms with van der Waals surface area (Å²) in [5.74, 6) is -0.107. The number of hydrogen-bond donors (Lipinski definition) is 1. The Hall–Kier alpha value is -3.19. The maximum atomic E-state index is 15.1. The molecule has 0 amide bonds. The zero-order valence-corrected chi connectivity index (χ0v) is 20.9. The number of thiazole rings is 1. The Morgan fingerprint density at radius 2 is 1.91 bits per heavy atom. The van der Waals surface area contributed by atoms with Crippen LogP contribution in [0.3, 0.4) is 0 Å². The number of nitrogens with zero attached hydrogens (tertiary/aromatic N) is 4. The van der Waals surface area contributed by atoms with E-state index >= 15 is 4.39 Å². The van der Waals surface area contributed by atoms with E-state index in [0.717, 1.165) is 37.6 Å². The van der Waals surface area contributed by atoms with Gasteiger partial charge in [-0.15, -0.1) is 12.4 Å². The van der Waals surface area contributed by atoms with Gasteiger partial charge in [-0.05, 0) is 30.3 Å². The molecular formula is C25H24ClF2N5OS. The lowest BCUT2D eigenvalue weighted by Crippen LogP contribution is -2.43. The maximum absolute atomic E-state index is 15.1. The van der Waals surface area contributed by atoms with Crippen LogP contribution in [0.15, 0.2) is 40.8 Å². The predicted molar refractivity (Wildman–Crippen MR) is 138 cm³/mol. The molecule has 1 N–H and O–H groups in total. The highest BCUT2D eigenvalue weighted by molar-refractivity contribution is 7.16. The third-order valence-corrected chi connectivity index (χ3v) is 7.07. The molecule has 0 bridgehead atoms. The number of benzene rings is 2.